The molecule has 66 heavy (non-hydrogen) atoms. The van der Waals surface area contributed by atoms with Gasteiger partial charge >= 0.3 is 410 Å². The Labute approximate surface area is 406 Å². The van der Waals surface area contributed by atoms with Crippen LogP contribution in [0.3, 0.4) is 0 Å². The second kappa shape index (κ2) is 19.1. The van der Waals surface area contributed by atoms with Crippen LogP contribution in [-0.2, 0) is 15.6 Å². The van der Waals surface area contributed by atoms with Crippen molar-refractivity contribution in [2.75, 3.05) is 0 Å². The van der Waals surface area contributed by atoms with Crippen LogP contribution in [0, 0.1) is 10.8 Å². The first-order chi connectivity index (χ1) is 31.9. The fraction of sp³-hybridized carbons (Fsp3) is 0.419. The maximum atomic E-state index is 9.39. The Morgan fingerprint density at radius 3 is 1.20 bits per heavy atom. The van der Waals surface area contributed by atoms with Gasteiger partial charge in [-0.1, -0.05) is 0 Å². The van der Waals surface area contributed by atoms with Crippen molar-refractivity contribution in [1.29, 1.82) is 0 Å². The number of allylic oxidation sites excluding steroid dienone is 2. The molecule has 4 aliphatic rings. The summed E-state index contributed by atoms with van der Waals surface area (Å²) in [5.41, 5.74) is 14.4. The van der Waals surface area contributed by atoms with Crippen molar-refractivity contribution >= 4 is 56.6 Å². The van der Waals surface area contributed by atoms with E-state index in [9.17, 15) is 17.0 Å². The molecule has 2 saturated carbocycles. The van der Waals surface area contributed by atoms with Crippen LogP contribution >= 0.6 is 17.0 Å². The van der Waals surface area contributed by atoms with E-state index >= 15 is 0 Å². The number of fused-ring (bicyclic) bond motifs is 4. The number of hydrogen-bond donors (Lipinski definition) is 0. The Kier molecular flexibility index (Phi) is 13.5. The Morgan fingerprint density at radius 1 is 0.455 bits per heavy atom. The number of rotatable bonds is 9. The maximum absolute atomic E-state index is 9.39. The quantitative estimate of drug-likeness (QED) is 0.127. The van der Waals surface area contributed by atoms with E-state index in [4.69, 9.17) is 0 Å². The molecule has 343 valence electrons. The molecule has 0 nitrogen and oxygen atoms in total. The molecule has 2 atom stereocenters. The average molecular weight is 1010 g/mol. The number of hydrogen-bond acceptors (Lipinski definition) is 0. The molecule has 0 aliphatic heterocycles. The van der Waals surface area contributed by atoms with Crippen LogP contribution in [0.25, 0.3) is 56.0 Å². The van der Waals surface area contributed by atoms with Crippen LogP contribution in [0.2, 0.25) is 13.1 Å². The zero-order valence-corrected chi connectivity index (χ0v) is 45.5. The van der Waals surface area contributed by atoms with Crippen LogP contribution in [0.4, 0.5) is 0 Å². The first-order valence-electron chi connectivity index (χ1n) is 26.2. The molecule has 0 heterocycles. The first-order valence-corrected chi connectivity index (χ1v) is 42.5. The van der Waals surface area contributed by atoms with E-state index in [1.807, 2.05) is 0 Å². The van der Waals surface area contributed by atoms with E-state index in [1.165, 1.54) is 169 Å². The van der Waals surface area contributed by atoms with Gasteiger partial charge in [-0.3, -0.25) is 0 Å². The summed E-state index contributed by atoms with van der Waals surface area (Å²) in [5.74, 6) is -1.81. The summed E-state index contributed by atoms with van der Waals surface area (Å²) in [6, 6.07) is 46.2. The van der Waals surface area contributed by atoms with Gasteiger partial charge in [-0.25, -0.2) is 0 Å². The van der Waals surface area contributed by atoms with Gasteiger partial charge in [0.05, 0.1) is 0 Å². The van der Waals surface area contributed by atoms with Gasteiger partial charge in [-0.05, 0) is 0 Å². The van der Waals surface area contributed by atoms with E-state index in [0.29, 0.717) is 0 Å². The van der Waals surface area contributed by atoms with Crippen LogP contribution < -0.4 is 0 Å². The summed E-state index contributed by atoms with van der Waals surface area (Å²) in [5, 5.41) is 5.15. The van der Waals surface area contributed by atoms with Gasteiger partial charge in [-0.15, -0.1) is 0 Å². The van der Waals surface area contributed by atoms with E-state index in [-0.39, 0.29) is 18.1 Å². The first kappa shape index (κ1) is 46.7. The third-order valence-electron chi connectivity index (χ3n) is 17.5. The second-order valence-corrected chi connectivity index (χ2v) is 65.2. The van der Waals surface area contributed by atoms with Crippen LogP contribution in [0.15, 0.2) is 132 Å². The van der Waals surface area contributed by atoms with E-state index < -0.39 is 21.5 Å². The van der Waals surface area contributed by atoms with E-state index in [0.717, 1.165) is 12.8 Å². The molecule has 0 amide bonds. The van der Waals surface area contributed by atoms with Gasteiger partial charge in [0.2, 0.25) is 0 Å². The third kappa shape index (κ3) is 8.91. The minimum absolute atomic E-state index is 0.0679. The van der Waals surface area contributed by atoms with Gasteiger partial charge in [0.1, 0.15) is 0 Å². The minimum atomic E-state index is -5.21. The van der Waals surface area contributed by atoms with Crippen molar-refractivity contribution in [3.05, 3.63) is 155 Å². The molecule has 0 radical (unpaired) electrons. The fourth-order valence-corrected chi connectivity index (χ4v) is 45.1. The van der Waals surface area contributed by atoms with Crippen molar-refractivity contribution < 1.29 is 15.6 Å². The average Bonchev–Trinajstić information content (AvgIpc) is 3.93. The third-order valence-corrected chi connectivity index (χ3v) is 69.4. The van der Waals surface area contributed by atoms with Gasteiger partial charge in [0.15, 0.2) is 0 Å². The van der Waals surface area contributed by atoms with Gasteiger partial charge in [0, 0.05) is 0 Å². The van der Waals surface area contributed by atoms with Crippen molar-refractivity contribution in [3.8, 4) is 22.3 Å². The summed E-state index contributed by atoms with van der Waals surface area (Å²) < 4.78 is 0.136. The summed E-state index contributed by atoms with van der Waals surface area (Å²) in [4.78, 5) is 0. The van der Waals surface area contributed by atoms with E-state index in [2.05, 4.69) is 160 Å². The van der Waals surface area contributed by atoms with Crippen molar-refractivity contribution in [3.63, 3.8) is 0 Å². The SMILES string of the molecule is C[SiH](C)[Zr]([Cl])([Cl])([CH]1C(CC2(C)CCCCCCCC2)=Cc2c(-c3ccc4ccccc4c3)cccc21)[CH]1C(CC2(C)CCCCCCCC2)=Cc2c(-c3ccc4ccccc4c3)cccc21. The standard InChI is InChI=1S/2C30H33.C2H7Si.2ClH.Zr/c2*1-30(17-8-4-2-3-5-9-18-30)22-23-19-26-13-10-14-28(29(26)20-23)27-16-15-24-11-6-7-12-25(24)21-27;1-3-2;;;/h2*6-7,10-16,19-21H,2-5,8-9,17-18,22H2,1H3;3H,1-2H3;2*1H;/q;;;;;+2/p-2. The molecule has 0 aromatic heterocycles. The number of halogens is 2. The molecule has 2 unspecified atom stereocenters. The topological polar surface area (TPSA) is 0 Å². The molecule has 4 heteroatoms. The molecular formula is C62H73Cl2SiZr. The Hall–Kier alpha value is -3.00. The van der Waals surface area contributed by atoms with Crippen molar-refractivity contribution in [2.45, 2.75) is 150 Å². The normalized spacial score (nSPS) is 21.8. The zero-order chi connectivity index (χ0) is 45.5. The van der Waals surface area contributed by atoms with Crippen LogP contribution in [-0.4, -0.2) is 5.92 Å². The van der Waals surface area contributed by atoms with Crippen molar-refractivity contribution in [2.24, 2.45) is 10.8 Å². The van der Waals surface area contributed by atoms with Crippen LogP contribution in [0.1, 0.15) is 159 Å². The molecule has 0 bridgehead atoms. The fourth-order valence-electron chi connectivity index (χ4n) is 13.8. The zero-order valence-electron chi connectivity index (χ0n) is 40.4. The summed E-state index contributed by atoms with van der Waals surface area (Å²) >= 11 is -5.21. The molecule has 0 N–H and O–H groups in total. The van der Waals surface area contributed by atoms with E-state index in [1.54, 1.807) is 11.1 Å². The molecule has 0 saturated heterocycles. The molecule has 2 fully saturated rings. The van der Waals surface area contributed by atoms with Gasteiger partial charge < -0.3 is 0 Å². The summed E-state index contributed by atoms with van der Waals surface area (Å²) in [6.45, 7) is 10.4. The van der Waals surface area contributed by atoms with Crippen molar-refractivity contribution in [1.82, 2.24) is 0 Å². The second-order valence-electron chi connectivity index (χ2n) is 22.6. The predicted octanol–water partition coefficient (Wildman–Crippen LogP) is 19.9. The van der Waals surface area contributed by atoms with Gasteiger partial charge in [-0.2, -0.15) is 0 Å². The molecular weight excluding hydrogens is 935 g/mol. The van der Waals surface area contributed by atoms with Gasteiger partial charge in [0.25, 0.3) is 0 Å². The van der Waals surface area contributed by atoms with Crippen LogP contribution in [0.5, 0.6) is 0 Å². The Morgan fingerprint density at radius 2 is 0.818 bits per heavy atom. The summed E-state index contributed by atoms with van der Waals surface area (Å²) in [7, 11) is 18.8. The monoisotopic (exact) mass is 1010 g/mol. The molecule has 6 aromatic carbocycles. The molecule has 0 spiro atoms. The Bertz CT molecular complexity index is 2610. The number of benzene rings is 6. The summed E-state index contributed by atoms with van der Waals surface area (Å²) in [6.07, 6.45) is 28.8. The molecule has 4 aliphatic carbocycles. The Balaban J connectivity index is 1.18. The molecule has 6 aromatic rings. The molecule has 10 rings (SSSR count). The predicted molar refractivity (Wildman–Crippen MR) is 290 cm³/mol.